The van der Waals surface area contributed by atoms with Crippen LogP contribution in [-0.2, 0) is 6.42 Å². The minimum absolute atomic E-state index is 0.106. The minimum atomic E-state index is -0.106. The van der Waals surface area contributed by atoms with Gasteiger partial charge < -0.3 is 9.15 Å². The van der Waals surface area contributed by atoms with Gasteiger partial charge in [0.25, 0.3) is 5.95 Å². The van der Waals surface area contributed by atoms with E-state index in [1.807, 2.05) is 13.0 Å². The van der Waals surface area contributed by atoms with Gasteiger partial charge in [-0.3, -0.25) is 4.79 Å². The molecule has 120 valence electrons. The van der Waals surface area contributed by atoms with Crippen LogP contribution >= 0.6 is 0 Å². The number of hydrogen-bond acceptors (Lipinski definition) is 3. The lowest BCUT2D eigenvalue weighted by Gasteiger charge is -2.08. The lowest BCUT2D eigenvalue weighted by atomic mass is 10.2. The molecule has 1 aromatic rings. The summed E-state index contributed by atoms with van der Waals surface area (Å²) >= 11 is 0. The second-order valence-corrected chi connectivity index (χ2v) is 5.18. The number of aryl methyl sites for hydroxylation is 1. The first-order chi connectivity index (χ1) is 11.3. The van der Waals surface area contributed by atoms with E-state index in [0.717, 1.165) is 31.4 Å². The van der Waals surface area contributed by atoms with Crippen molar-refractivity contribution in [3.8, 4) is 17.8 Å². The minimum Gasteiger partial charge on any atom is -0.431 e. The molecule has 1 aliphatic heterocycles. The van der Waals surface area contributed by atoms with Crippen molar-refractivity contribution >= 4 is 0 Å². The summed E-state index contributed by atoms with van der Waals surface area (Å²) in [6.07, 6.45) is 14.9. The predicted molar refractivity (Wildman–Crippen MR) is 92.2 cm³/mol. The Hall–Kier alpha value is -2.47. The predicted octanol–water partition coefficient (Wildman–Crippen LogP) is 4.54. The van der Waals surface area contributed by atoms with Gasteiger partial charge in [-0.1, -0.05) is 37.1 Å². The molecule has 0 radical (unpaired) electrons. The molecule has 1 aliphatic rings. The fraction of sp³-hybridized carbons (Fsp3) is 0.350. The SMILES string of the molecule is CCC1=CCC=CCC=CCC#CCCc2cc(=O)cc(o2)O1. The highest BCUT2D eigenvalue weighted by molar-refractivity contribution is 5.15. The van der Waals surface area contributed by atoms with Crippen molar-refractivity contribution < 1.29 is 9.15 Å². The molecule has 3 heteroatoms. The fourth-order valence-corrected chi connectivity index (χ4v) is 2.12. The Morgan fingerprint density at radius 3 is 2.78 bits per heavy atom. The summed E-state index contributed by atoms with van der Waals surface area (Å²) in [4.78, 5) is 11.8. The molecule has 0 amide bonds. The number of allylic oxidation sites excluding steroid dienone is 6. The van der Waals surface area contributed by atoms with Gasteiger partial charge >= 0.3 is 0 Å². The first-order valence-corrected chi connectivity index (χ1v) is 8.04. The van der Waals surface area contributed by atoms with Crippen LogP contribution in [0.15, 0.2) is 57.5 Å². The first-order valence-electron chi connectivity index (χ1n) is 8.04. The number of hydrogen-bond donors (Lipinski definition) is 0. The molecule has 0 aliphatic carbocycles. The Morgan fingerprint density at radius 2 is 1.91 bits per heavy atom. The maximum Gasteiger partial charge on any atom is 0.293 e. The van der Waals surface area contributed by atoms with Gasteiger partial charge in [-0.15, -0.1) is 5.92 Å². The van der Waals surface area contributed by atoms with Gasteiger partial charge in [0.1, 0.15) is 11.5 Å². The zero-order valence-electron chi connectivity index (χ0n) is 13.5. The summed E-state index contributed by atoms with van der Waals surface area (Å²) in [5.74, 6) is 7.85. The van der Waals surface area contributed by atoms with Crippen molar-refractivity contribution in [3.05, 3.63) is 64.3 Å². The lowest BCUT2D eigenvalue weighted by Crippen LogP contribution is -2.03. The molecule has 0 N–H and O–H groups in total. The molecule has 2 heterocycles. The summed E-state index contributed by atoms with van der Waals surface area (Å²) in [7, 11) is 0. The van der Waals surface area contributed by atoms with E-state index in [1.54, 1.807) is 0 Å². The topological polar surface area (TPSA) is 39.4 Å². The standard InChI is InChI=1S/C20H22O3/c1-2-18-13-11-9-7-5-3-4-6-8-10-12-14-19-15-17(21)16-20(22-18)23-19/h3-4,7,9,13,15-16H,2,5-6,11-12,14H2,1H3. The van der Waals surface area contributed by atoms with Crippen molar-refractivity contribution in [3.63, 3.8) is 0 Å². The Kier molecular flexibility index (Phi) is 7.00. The number of ether oxygens (including phenoxy) is 1. The van der Waals surface area contributed by atoms with Crippen molar-refractivity contribution in [2.45, 2.75) is 45.4 Å². The van der Waals surface area contributed by atoms with Crippen molar-refractivity contribution in [1.29, 1.82) is 0 Å². The van der Waals surface area contributed by atoms with Crippen molar-refractivity contribution in [1.82, 2.24) is 0 Å². The maximum absolute atomic E-state index is 11.8. The molecule has 23 heavy (non-hydrogen) atoms. The molecule has 0 unspecified atom stereocenters. The average molecular weight is 310 g/mol. The number of fused-ring (bicyclic) bond motifs is 2. The summed E-state index contributed by atoms with van der Waals surface area (Å²) in [6.45, 7) is 2.01. The normalized spacial score (nSPS) is 15.8. The Bertz CT molecular complexity index is 708. The summed E-state index contributed by atoms with van der Waals surface area (Å²) in [6, 6.07) is 2.88. The quantitative estimate of drug-likeness (QED) is 0.564. The van der Waals surface area contributed by atoms with Gasteiger partial charge in [0.05, 0.1) is 6.07 Å². The molecule has 2 bridgehead atoms. The molecule has 2 rings (SSSR count). The second-order valence-electron chi connectivity index (χ2n) is 5.18. The molecule has 0 aromatic carbocycles. The van der Waals surface area contributed by atoms with Crippen LogP contribution in [0.1, 0.15) is 44.8 Å². The first kappa shape index (κ1) is 16.9. The van der Waals surface area contributed by atoms with E-state index in [2.05, 4.69) is 36.1 Å². The van der Waals surface area contributed by atoms with E-state index in [-0.39, 0.29) is 11.4 Å². The van der Waals surface area contributed by atoms with E-state index >= 15 is 0 Å². The Labute approximate surface area is 137 Å². The van der Waals surface area contributed by atoms with E-state index in [1.165, 1.54) is 12.1 Å². The smallest absolute Gasteiger partial charge is 0.293 e. The molecule has 0 saturated heterocycles. The van der Waals surface area contributed by atoms with Crippen LogP contribution in [0.4, 0.5) is 0 Å². The van der Waals surface area contributed by atoms with Crippen molar-refractivity contribution in [2.75, 3.05) is 0 Å². The highest BCUT2D eigenvalue weighted by Crippen LogP contribution is 2.17. The van der Waals surface area contributed by atoms with Gasteiger partial charge in [-0.25, -0.2) is 0 Å². The third-order valence-electron chi connectivity index (χ3n) is 3.30. The second kappa shape index (κ2) is 9.53. The van der Waals surface area contributed by atoms with Crippen LogP contribution in [0.25, 0.3) is 0 Å². The van der Waals surface area contributed by atoms with E-state index in [9.17, 15) is 4.79 Å². The van der Waals surface area contributed by atoms with Gasteiger partial charge in [0, 0.05) is 31.7 Å². The van der Waals surface area contributed by atoms with Gasteiger partial charge in [0.2, 0.25) is 0 Å². The zero-order chi connectivity index (χ0) is 16.3. The molecule has 3 nitrogen and oxygen atoms in total. The fourth-order valence-electron chi connectivity index (χ4n) is 2.12. The lowest BCUT2D eigenvalue weighted by molar-refractivity contribution is 0.285. The summed E-state index contributed by atoms with van der Waals surface area (Å²) in [5.41, 5.74) is -0.106. The molecule has 1 aromatic heterocycles. The third-order valence-corrected chi connectivity index (χ3v) is 3.30. The summed E-state index contributed by atoms with van der Waals surface area (Å²) < 4.78 is 11.4. The highest BCUT2D eigenvalue weighted by Gasteiger charge is 2.05. The highest BCUT2D eigenvalue weighted by atomic mass is 16.6. The number of rotatable bonds is 1. The molecule has 0 saturated carbocycles. The van der Waals surface area contributed by atoms with Crippen LogP contribution in [0.2, 0.25) is 0 Å². The van der Waals surface area contributed by atoms with Crippen LogP contribution in [0.5, 0.6) is 5.95 Å². The van der Waals surface area contributed by atoms with Gasteiger partial charge in [-0.05, 0) is 18.9 Å². The monoisotopic (exact) mass is 310 g/mol. The van der Waals surface area contributed by atoms with Crippen LogP contribution < -0.4 is 10.2 Å². The Balaban J connectivity index is 2.22. The van der Waals surface area contributed by atoms with E-state index < -0.39 is 0 Å². The van der Waals surface area contributed by atoms with Gasteiger partial charge in [0.15, 0.2) is 5.43 Å². The van der Waals surface area contributed by atoms with Crippen LogP contribution in [-0.4, -0.2) is 0 Å². The Morgan fingerprint density at radius 1 is 1.09 bits per heavy atom. The van der Waals surface area contributed by atoms with Crippen molar-refractivity contribution in [2.24, 2.45) is 0 Å². The molecular weight excluding hydrogens is 288 g/mol. The van der Waals surface area contributed by atoms with Gasteiger partial charge in [-0.2, -0.15) is 0 Å². The van der Waals surface area contributed by atoms with Crippen LogP contribution in [0.3, 0.4) is 0 Å². The summed E-state index contributed by atoms with van der Waals surface area (Å²) in [5, 5.41) is 0. The van der Waals surface area contributed by atoms with E-state index in [0.29, 0.717) is 18.6 Å². The zero-order valence-corrected chi connectivity index (χ0v) is 13.5. The maximum atomic E-state index is 11.8. The van der Waals surface area contributed by atoms with Crippen LogP contribution in [0, 0.1) is 11.8 Å². The molecule has 0 atom stereocenters. The molecule has 0 fully saturated rings. The average Bonchev–Trinajstić information content (AvgIpc) is 2.53. The van der Waals surface area contributed by atoms with E-state index in [4.69, 9.17) is 9.15 Å². The third kappa shape index (κ3) is 6.44. The largest absolute Gasteiger partial charge is 0.431 e. The molecular formula is C20H22O3. The molecule has 0 spiro atoms.